The first kappa shape index (κ1) is 17.1. The molecular formula is C15H12BrClN2O4S. The van der Waals surface area contributed by atoms with Crippen molar-refractivity contribution >= 4 is 54.3 Å². The van der Waals surface area contributed by atoms with Gasteiger partial charge in [0.05, 0.1) is 10.5 Å². The van der Waals surface area contributed by atoms with E-state index in [2.05, 4.69) is 20.7 Å². The number of nitrogens with one attached hydrogen (secondary N) is 1. The maximum absolute atomic E-state index is 12.6. The maximum Gasteiger partial charge on any atom is 0.419 e. The number of benzene rings is 2. The molecular weight excluding hydrogens is 420 g/mol. The molecule has 126 valence electrons. The van der Waals surface area contributed by atoms with Crippen LogP contribution in [0.1, 0.15) is 6.92 Å². The van der Waals surface area contributed by atoms with Crippen LogP contribution in [0.3, 0.4) is 0 Å². The predicted octanol–water partition coefficient (Wildman–Crippen LogP) is 3.83. The van der Waals surface area contributed by atoms with Crippen LogP contribution in [0.15, 0.2) is 55.0 Å². The summed E-state index contributed by atoms with van der Waals surface area (Å²) in [6.07, 6.45) is 0. The van der Waals surface area contributed by atoms with Gasteiger partial charge in [0, 0.05) is 22.8 Å². The predicted molar refractivity (Wildman–Crippen MR) is 96.1 cm³/mol. The molecule has 9 heteroatoms. The summed E-state index contributed by atoms with van der Waals surface area (Å²) >= 11 is 9.42. The topological polar surface area (TPSA) is 81.3 Å². The highest BCUT2D eigenvalue weighted by Crippen LogP contribution is 2.29. The van der Waals surface area contributed by atoms with Crippen LogP contribution in [-0.2, 0) is 16.6 Å². The minimum Gasteiger partial charge on any atom is -0.408 e. The molecule has 0 aliphatic rings. The number of aryl methyl sites for hydroxylation is 1. The molecule has 0 spiro atoms. The van der Waals surface area contributed by atoms with Gasteiger partial charge in [0.1, 0.15) is 4.90 Å². The Morgan fingerprint density at radius 3 is 2.71 bits per heavy atom. The van der Waals surface area contributed by atoms with Crippen molar-refractivity contribution in [3.05, 3.63) is 56.4 Å². The summed E-state index contributed by atoms with van der Waals surface area (Å²) < 4.78 is 34.9. The van der Waals surface area contributed by atoms with Crippen LogP contribution >= 0.6 is 27.5 Å². The van der Waals surface area contributed by atoms with Crippen molar-refractivity contribution in [1.29, 1.82) is 0 Å². The second-order valence-corrected chi connectivity index (χ2v) is 7.95. The highest BCUT2D eigenvalue weighted by molar-refractivity contribution is 9.10. The van der Waals surface area contributed by atoms with Crippen LogP contribution in [0.4, 0.5) is 5.69 Å². The molecule has 2 aromatic carbocycles. The fourth-order valence-electron chi connectivity index (χ4n) is 2.33. The molecule has 3 rings (SSSR count). The third-order valence-corrected chi connectivity index (χ3v) is 5.74. The average Bonchev–Trinajstić information content (AvgIpc) is 2.80. The van der Waals surface area contributed by atoms with Gasteiger partial charge in [-0.2, -0.15) is 0 Å². The third kappa shape index (κ3) is 3.09. The Kier molecular flexibility index (Phi) is 4.46. The van der Waals surface area contributed by atoms with Crippen molar-refractivity contribution in [3.63, 3.8) is 0 Å². The van der Waals surface area contributed by atoms with E-state index in [9.17, 15) is 13.2 Å². The molecule has 0 bridgehead atoms. The van der Waals surface area contributed by atoms with E-state index < -0.39 is 15.8 Å². The lowest BCUT2D eigenvalue weighted by atomic mass is 10.3. The Hall–Kier alpha value is -1.77. The van der Waals surface area contributed by atoms with Gasteiger partial charge in [-0.15, -0.1) is 0 Å². The smallest absolute Gasteiger partial charge is 0.408 e. The van der Waals surface area contributed by atoms with E-state index in [0.717, 1.165) is 4.47 Å². The van der Waals surface area contributed by atoms with Crippen molar-refractivity contribution in [3.8, 4) is 0 Å². The molecule has 0 unspecified atom stereocenters. The summed E-state index contributed by atoms with van der Waals surface area (Å²) in [7, 11) is -3.94. The summed E-state index contributed by atoms with van der Waals surface area (Å²) in [5.74, 6) is -0.557. The Balaban J connectivity index is 2.11. The maximum atomic E-state index is 12.6. The molecule has 3 aromatic rings. The molecule has 0 aliphatic carbocycles. The average molecular weight is 432 g/mol. The van der Waals surface area contributed by atoms with E-state index in [-0.39, 0.29) is 15.5 Å². The summed E-state index contributed by atoms with van der Waals surface area (Å²) in [5, 5.41) is 0.00740. The number of aromatic nitrogens is 1. The zero-order valence-corrected chi connectivity index (χ0v) is 15.6. The molecule has 0 saturated heterocycles. The highest BCUT2D eigenvalue weighted by atomic mass is 79.9. The molecule has 1 heterocycles. The number of fused-ring (bicyclic) bond motifs is 1. The van der Waals surface area contributed by atoms with Crippen molar-refractivity contribution in [2.45, 2.75) is 18.4 Å². The lowest BCUT2D eigenvalue weighted by Crippen LogP contribution is -2.14. The standard InChI is InChI=1S/C15H12BrClN2O4S/c1-2-19-12-7-11(17)14(8-13(12)23-15(19)20)24(21,22)18-10-5-3-4-9(16)6-10/h3-8,18H,2H2,1H3. The van der Waals surface area contributed by atoms with E-state index in [1.807, 2.05) is 0 Å². The van der Waals surface area contributed by atoms with E-state index in [4.69, 9.17) is 16.0 Å². The molecule has 1 aromatic heterocycles. The fraction of sp³-hybridized carbons (Fsp3) is 0.133. The second kappa shape index (κ2) is 6.27. The number of sulfonamides is 1. The van der Waals surface area contributed by atoms with E-state index in [1.165, 1.54) is 16.7 Å². The van der Waals surface area contributed by atoms with Crippen molar-refractivity contribution in [2.24, 2.45) is 0 Å². The number of rotatable bonds is 4. The highest BCUT2D eigenvalue weighted by Gasteiger charge is 2.21. The molecule has 0 fully saturated rings. The molecule has 0 radical (unpaired) electrons. The summed E-state index contributed by atoms with van der Waals surface area (Å²) in [6.45, 7) is 2.17. The van der Waals surface area contributed by atoms with Crippen molar-refractivity contribution in [2.75, 3.05) is 4.72 Å². The number of halogens is 2. The molecule has 1 N–H and O–H groups in total. The van der Waals surface area contributed by atoms with Crippen LogP contribution < -0.4 is 10.5 Å². The minimum atomic E-state index is -3.94. The third-order valence-electron chi connectivity index (χ3n) is 3.40. The molecule has 6 nitrogen and oxygen atoms in total. The SMILES string of the molecule is CCn1c(=O)oc2cc(S(=O)(=O)Nc3cccc(Br)c3)c(Cl)cc21. The second-order valence-electron chi connectivity index (χ2n) is 4.98. The van der Waals surface area contributed by atoms with Crippen molar-refractivity contribution in [1.82, 2.24) is 4.57 Å². The normalized spacial score (nSPS) is 11.8. The van der Waals surface area contributed by atoms with Gasteiger partial charge in [0.2, 0.25) is 0 Å². The van der Waals surface area contributed by atoms with E-state index in [0.29, 0.717) is 17.7 Å². The first-order chi connectivity index (χ1) is 11.3. The lowest BCUT2D eigenvalue weighted by molar-refractivity contribution is 0.512. The number of hydrogen-bond acceptors (Lipinski definition) is 4. The minimum absolute atomic E-state index is 0.00740. The quantitative estimate of drug-likeness (QED) is 0.681. The number of oxazole rings is 1. The molecule has 0 saturated carbocycles. The molecule has 0 amide bonds. The summed E-state index contributed by atoms with van der Waals surface area (Å²) in [5.41, 5.74) is 1.00. The van der Waals surface area contributed by atoms with E-state index >= 15 is 0 Å². The van der Waals surface area contributed by atoms with Gasteiger partial charge < -0.3 is 4.42 Å². The van der Waals surface area contributed by atoms with Crippen LogP contribution in [-0.4, -0.2) is 13.0 Å². The lowest BCUT2D eigenvalue weighted by Gasteiger charge is -2.10. The first-order valence-corrected chi connectivity index (χ1v) is 9.58. The number of hydrogen-bond donors (Lipinski definition) is 1. The van der Waals surface area contributed by atoms with Crippen LogP contribution in [0, 0.1) is 0 Å². The van der Waals surface area contributed by atoms with Crippen molar-refractivity contribution < 1.29 is 12.8 Å². The molecule has 0 aliphatic heterocycles. The van der Waals surface area contributed by atoms with E-state index in [1.54, 1.807) is 31.2 Å². The van der Waals surface area contributed by atoms with Gasteiger partial charge in [-0.25, -0.2) is 13.2 Å². The van der Waals surface area contributed by atoms with Gasteiger partial charge in [-0.05, 0) is 31.2 Å². The molecule has 24 heavy (non-hydrogen) atoms. The van der Waals surface area contributed by atoms with Gasteiger partial charge >= 0.3 is 5.76 Å². The van der Waals surface area contributed by atoms with Crippen LogP contribution in [0.2, 0.25) is 5.02 Å². The van der Waals surface area contributed by atoms with Gasteiger partial charge in [0.25, 0.3) is 10.0 Å². The number of anilines is 1. The summed E-state index contributed by atoms with van der Waals surface area (Å²) in [4.78, 5) is 11.6. The first-order valence-electron chi connectivity index (χ1n) is 6.93. The van der Waals surface area contributed by atoms with Gasteiger partial charge in [0.15, 0.2) is 5.58 Å². The van der Waals surface area contributed by atoms with Crippen LogP contribution in [0.5, 0.6) is 0 Å². The molecule has 0 atom stereocenters. The monoisotopic (exact) mass is 430 g/mol. The zero-order valence-electron chi connectivity index (χ0n) is 12.4. The Labute approximate surface area is 151 Å². The Morgan fingerprint density at radius 1 is 1.29 bits per heavy atom. The fourth-order valence-corrected chi connectivity index (χ4v) is 4.32. The van der Waals surface area contributed by atoms with Gasteiger partial charge in [-0.1, -0.05) is 33.6 Å². The largest absolute Gasteiger partial charge is 0.419 e. The number of nitrogens with zero attached hydrogens (tertiary/aromatic N) is 1. The Morgan fingerprint density at radius 2 is 2.04 bits per heavy atom. The Bertz CT molecular complexity index is 1090. The van der Waals surface area contributed by atoms with Gasteiger partial charge in [-0.3, -0.25) is 9.29 Å². The zero-order chi connectivity index (χ0) is 17.5. The summed E-state index contributed by atoms with van der Waals surface area (Å²) in [6, 6.07) is 9.39. The van der Waals surface area contributed by atoms with Crippen LogP contribution in [0.25, 0.3) is 11.1 Å².